The van der Waals surface area contributed by atoms with Gasteiger partial charge in [-0.05, 0) is 65.7 Å². The molecule has 1 N–H and O–H groups in total. The molecule has 1 fully saturated rings. The second-order valence-corrected chi connectivity index (χ2v) is 8.44. The molecule has 1 aliphatic rings. The molecule has 8 heteroatoms. The smallest absolute Gasteiger partial charge is 0.251 e. The van der Waals surface area contributed by atoms with Crippen molar-refractivity contribution in [2.45, 2.75) is 32.6 Å². The van der Waals surface area contributed by atoms with Crippen molar-refractivity contribution in [3.63, 3.8) is 0 Å². The Balaban J connectivity index is 1.33. The number of benzene rings is 1. The van der Waals surface area contributed by atoms with E-state index < -0.39 is 0 Å². The SMILES string of the molecule is CC1CN(c2ccc(CNC(=O)c3ccc(-n4cc(Br)cn4)cc3)cn2)CC(C)O1. The highest BCUT2D eigenvalue weighted by molar-refractivity contribution is 9.10. The molecule has 2 aromatic heterocycles. The first-order valence-corrected chi connectivity index (χ1v) is 10.7. The Morgan fingerprint density at radius 2 is 1.87 bits per heavy atom. The summed E-state index contributed by atoms with van der Waals surface area (Å²) in [5.41, 5.74) is 2.45. The summed E-state index contributed by atoms with van der Waals surface area (Å²) in [6, 6.07) is 11.3. The standard InChI is InChI=1S/C22H24BrN5O2/c1-15-12-27(13-16(2)30-15)21-8-3-17(9-24-21)10-25-22(29)18-4-6-20(7-5-18)28-14-19(23)11-26-28/h3-9,11,14-16H,10,12-13H2,1-2H3,(H,25,29). The maximum atomic E-state index is 12.5. The first-order valence-electron chi connectivity index (χ1n) is 9.92. The summed E-state index contributed by atoms with van der Waals surface area (Å²) in [4.78, 5) is 19.3. The lowest BCUT2D eigenvalue weighted by atomic mass is 10.2. The number of carbonyl (C=O) groups excluding carboxylic acids is 1. The van der Waals surface area contributed by atoms with E-state index in [1.54, 1.807) is 23.0 Å². The van der Waals surface area contributed by atoms with Crippen LogP contribution in [0.5, 0.6) is 0 Å². The highest BCUT2D eigenvalue weighted by atomic mass is 79.9. The Bertz CT molecular complexity index is 993. The van der Waals surface area contributed by atoms with E-state index in [4.69, 9.17) is 4.74 Å². The molecule has 2 atom stereocenters. The zero-order valence-corrected chi connectivity index (χ0v) is 18.5. The number of hydrogen-bond acceptors (Lipinski definition) is 5. The molecule has 30 heavy (non-hydrogen) atoms. The fourth-order valence-electron chi connectivity index (χ4n) is 3.57. The average Bonchev–Trinajstić information content (AvgIpc) is 3.18. The van der Waals surface area contributed by atoms with Gasteiger partial charge in [-0.2, -0.15) is 5.10 Å². The zero-order valence-electron chi connectivity index (χ0n) is 17.0. The maximum absolute atomic E-state index is 12.5. The first kappa shape index (κ1) is 20.6. The minimum Gasteiger partial charge on any atom is -0.372 e. The number of hydrogen-bond donors (Lipinski definition) is 1. The Kier molecular flexibility index (Phi) is 6.15. The second-order valence-electron chi connectivity index (χ2n) is 7.52. The van der Waals surface area contributed by atoms with Crippen molar-refractivity contribution in [2.24, 2.45) is 0 Å². The van der Waals surface area contributed by atoms with Gasteiger partial charge in [0.1, 0.15) is 5.82 Å². The molecule has 1 saturated heterocycles. The van der Waals surface area contributed by atoms with Crippen molar-refractivity contribution in [2.75, 3.05) is 18.0 Å². The summed E-state index contributed by atoms with van der Waals surface area (Å²) < 4.78 is 8.43. The monoisotopic (exact) mass is 469 g/mol. The minimum atomic E-state index is -0.122. The van der Waals surface area contributed by atoms with Crippen LogP contribution in [0.1, 0.15) is 29.8 Å². The van der Waals surface area contributed by atoms with E-state index in [2.05, 4.69) is 50.1 Å². The third kappa shape index (κ3) is 4.88. The Labute approximate surface area is 184 Å². The van der Waals surface area contributed by atoms with Gasteiger partial charge in [-0.1, -0.05) is 6.07 Å². The van der Waals surface area contributed by atoms with E-state index in [0.717, 1.165) is 34.6 Å². The van der Waals surface area contributed by atoms with Gasteiger partial charge in [0.15, 0.2) is 0 Å². The fraction of sp³-hybridized carbons (Fsp3) is 0.318. The molecule has 0 bridgehead atoms. The van der Waals surface area contributed by atoms with Crippen molar-refractivity contribution < 1.29 is 9.53 Å². The van der Waals surface area contributed by atoms with Crippen LogP contribution in [0.2, 0.25) is 0 Å². The molecule has 3 heterocycles. The number of morpholine rings is 1. The third-order valence-electron chi connectivity index (χ3n) is 4.95. The normalized spacial score (nSPS) is 19.0. The van der Waals surface area contributed by atoms with Crippen molar-refractivity contribution in [1.29, 1.82) is 0 Å². The third-order valence-corrected chi connectivity index (χ3v) is 5.36. The summed E-state index contributed by atoms with van der Waals surface area (Å²) in [7, 11) is 0. The number of amides is 1. The highest BCUT2D eigenvalue weighted by Gasteiger charge is 2.23. The molecule has 1 aliphatic heterocycles. The van der Waals surface area contributed by atoms with Gasteiger partial charge in [-0.25, -0.2) is 9.67 Å². The summed E-state index contributed by atoms with van der Waals surface area (Å²) >= 11 is 3.38. The minimum absolute atomic E-state index is 0.122. The largest absolute Gasteiger partial charge is 0.372 e. The fourth-order valence-corrected chi connectivity index (χ4v) is 3.85. The van der Waals surface area contributed by atoms with Gasteiger partial charge in [-0.3, -0.25) is 4.79 Å². The Morgan fingerprint density at radius 1 is 1.13 bits per heavy atom. The predicted octanol–water partition coefficient (Wildman–Crippen LogP) is 3.57. The van der Waals surface area contributed by atoms with Gasteiger partial charge in [0, 0.05) is 37.6 Å². The Morgan fingerprint density at radius 3 is 2.47 bits per heavy atom. The molecule has 0 spiro atoms. The number of pyridine rings is 1. The number of nitrogens with zero attached hydrogens (tertiary/aromatic N) is 4. The van der Waals surface area contributed by atoms with Gasteiger partial charge in [0.2, 0.25) is 0 Å². The molecule has 1 aromatic carbocycles. The number of carbonyl (C=O) groups is 1. The summed E-state index contributed by atoms with van der Waals surface area (Å²) in [6.07, 6.45) is 5.79. The van der Waals surface area contributed by atoms with E-state index in [0.29, 0.717) is 12.1 Å². The number of rotatable bonds is 5. The summed E-state index contributed by atoms with van der Waals surface area (Å²) in [6.45, 7) is 6.24. The number of nitrogens with one attached hydrogen (secondary N) is 1. The lowest BCUT2D eigenvalue weighted by Crippen LogP contribution is -2.45. The van der Waals surface area contributed by atoms with E-state index >= 15 is 0 Å². The molecular weight excluding hydrogens is 446 g/mol. The molecule has 1 amide bonds. The van der Waals surface area contributed by atoms with Gasteiger partial charge in [0.05, 0.1) is 28.6 Å². The van der Waals surface area contributed by atoms with Gasteiger partial charge in [-0.15, -0.1) is 0 Å². The predicted molar refractivity (Wildman–Crippen MR) is 119 cm³/mol. The van der Waals surface area contributed by atoms with E-state index in [-0.39, 0.29) is 18.1 Å². The molecule has 2 unspecified atom stereocenters. The van der Waals surface area contributed by atoms with Crippen molar-refractivity contribution >= 4 is 27.7 Å². The summed E-state index contributed by atoms with van der Waals surface area (Å²) in [5.74, 6) is 0.816. The van der Waals surface area contributed by atoms with Crippen LogP contribution >= 0.6 is 15.9 Å². The first-order chi connectivity index (χ1) is 14.5. The number of aromatic nitrogens is 3. The van der Waals surface area contributed by atoms with Gasteiger partial charge in [0.25, 0.3) is 5.91 Å². The van der Waals surface area contributed by atoms with Crippen molar-refractivity contribution in [3.05, 3.63) is 70.6 Å². The molecule has 4 rings (SSSR count). The van der Waals surface area contributed by atoms with Crippen molar-refractivity contribution in [3.8, 4) is 5.69 Å². The molecule has 156 valence electrons. The van der Waals surface area contributed by atoms with Crippen LogP contribution in [0, 0.1) is 0 Å². The van der Waals surface area contributed by atoms with Crippen LogP contribution in [0.25, 0.3) is 5.69 Å². The maximum Gasteiger partial charge on any atom is 0.251 e. The summed E-state index contributed by atoms with van der Waals surface area (Å²) in [5, 5.41) is 7.19. The van der Waals surface area contributed by atoms with Gasteiger partial charge < -0.3 is 15.0 Å². The van der Waals surface area contributed by atoms with E-state index in [1.165, 1.54) is 0 Å². The van der Waals surface area contributed by atoms with Crippen LogP contribution in [0.4, 0.5) is 5.82 Å². The van der Waals surface area contributed by atoms with Gasteiger partial charge >= 0.3 is 0 Å². The molecule has 0 radical (unpaired) electrons. The van der Waals surface area contributed by atoms with Crippen LogP contribution in [0.15, 0.2) is 59.5 Å². The van der Waals surface area contributed by atoms with Crippen LogP contribution in [-0.4, -0.2) is 46.0 Å². The lowest BCUT2D eigenvalue weighted by molar-refractivity contribution is -0.00546. The molecule has 3 aromatic rings. The molecule has 0 aliphatic carbocycles. The Hall–Kier alpha value is -2.71. The second kappa shape index (κ2) is 8.97. The zero-order chi connectivity index (χ0) is 21.1. The quantitative estimate of drug-likeness (QED) is 0.618. The molecular formula is C22H24BrN5O2. The van der Waals surface area contributed by atoms with Crippen LogP contribution in [0.3, 0.4) is 0 Å². The van der Waals surface area contributed by atoms with Crippen LogP contribution < -0.4 is 10.2 Å². The lowest BCUT2D eigenvalue weighted by Gasteiger charge is -2.36. The van der Waals surface area contributed by atoms with Crippen LogP contribution in [-0.2, 0) is 11.3 Å². The van der Waals surface area contributed by atoms with E-state index in [9.17, 15) is 4.79 Å². The topological polar surface area (TPSA) is 72.3 Å². The number of halogens is 1. The number of ether oxygens (including phenoxy) is 1. The molecule has 7 nitrogen and oxygen atoms in total. The highest BCUT2D eigenvalue weighted by Crippen LogP contribution is 2.18. The average molecular weight is 470 g/mol. The molecule has 0 saturated carbocycles. The van der Waals surface area contributed by atoms with Crippen molar-refractivity contribution in [1.82, 2.24) is 20.1 Å². The number of anilines is 1. The van der Waals surface area contributed by atoms with E-state index in [1.807, 2.05) is 36.7 Å².